The Hall–Kier alpha value is -6.22. The van der Waals surface area contributed by atoms with Crippen molar-refractivity contribution in [2.45, 2.75) is 65.1 Å². The van der Waals surface area contributed by atoms with Crippen LogP contribution in [-0.2, 0) is 6.54 Å². The monoisotopic (exact) mass is 778 g/mol. The normalized spacial score (nSPS) is 15.9. The molecule has 0 saturated heterocycles. The van der Waals surface area contributed by atoms with E-state index in [-0.39, 0.29) is 28.2 Å². The van der Waals surface area contributed by atoms with Gasteiger partial charge in [0, 0.05) is 50.7 Å². The molecule has 2 aromatic carbocycles. The minimum Gasteiger partial charge on any atom is -0.465 e. The minimum absolute atomic E-state index is 0.0274. The van der Waals surface area contributed by atoms with Crippen LogP contribution in [0.4, 0.5) is 13.6 Å². The molecule has 296 valence electrons. The van der Waals surface area contributed by atoms with E-state index < -0.39 is 40.9 Å². The van der Waals surface area contributed by atoms with Crippen molar-refractivity contribution in [1.82, 2.24) is 39.0 Å². The molecule has 3 N–H and O–H groups in total. The summed E-state index contributed by atoms with van der Waals surface area (Å²) in [6.07, 6.45) is 4.50. The molecule has 0 spiro atoms. The van der Waals surface area contributed by atoms with Crippen LogP contribution in [0.2, 0.25) is 0 Å². The van der Waals surface area contributed by atoms with Gasteiger partial charge in [0.05, 0.1) is 17.3 Å². The first kappa shape index (κ1) is 39.0. The Balaban J connectivity index is 1.07. The Morgan fingerprint density at radius 1 is 0.930 bits per heavy atom. The maximum atomic E-state index is 14.6. The molecule has 0 aliphatic heterocycles. The molecule has 1 aliphatic rings. The van der Waals surface area contributed by atoms with Crippen LogP contribution in [0, 0.1) is 17.0 Å². The first-order valence-corrected chi connectivity index (χ1v) is 18.9. The lowest BCUT2D eigenvalue weighted by atomic mass is 9.90. The van der Waals surface area contributed by atoms with Gasteiger partial charge in [0.2, 0.25) is 0 Å². The van der Waals surface area contributed by atoms with Gasteiger partial charge in [-0.3, -0.25) is 14.2 Å². The zero-order valence-electron chi connectivity index (χ0n) is 31.9. The van der Waals surface area contributed by atoms with Gasteiger partial charge >= 0.3 is 11.8 Å². The van der Waals surface area contributed by atoms with E-state index in [0.29, 0.717) is 63.2 Å². The largest absolute Gasteiger partial charge is 0.465 e. The third kappa shape index (κ3) is 8.78. The van der Waals surface area contributed by atoms with Gasteiger partial charge < -0.3 is 25.0 Å². The Bertz CT molecular complexity index is 2570. The molecule has 57 heavy (non-hydrogen) atoms. The zero-order chi connectivity index (χ0) is 40.4. The van der Waals surface area contributed by atoms with Crippen LogP contribution in [-0.4, -0.2) is 71.2 Å². The number of carbonyl (C=O) groups excluding carboxylic acids is 1. The van der Waals surface area contributed by atoms with Crippen LogP contribution >= 0.6 is 0 Å². The number of imidazole rings is 1. The van der Waals surface area contributed by atoms with E-state index in [9.17, 15) is 33.1 Å². The van der Waals surface area contributed by atoms with Crippen LogP contribution in [0.5, 0.6) is 0 Å². The Labute approximate surface area is 326 Å². The number of amides is 2. The molecule has 1 saturated carbocycles. The molecule has 0 bridgehead atoms. The summed E-state index contributed by atoms with van der Waals surface area (Å²) in [6.45, 7) is 7.86. The molecular formula is C42H44F2N8O5. The van der Waals surface area contributed by atoms with Gasteiger partial charge in [-0.05, 0) is 78.1 Å². The molecule has 0 radical (unpaired) electrons. The molecule has 4 heterocycles. The molecule has 0 unspecified atom stereocenters. The second kappa shape index (κ2) is 16.1. The van der Waals surface area contributed by atoms with E-state index in [4.69, 9.17) is 0 Å². The minimum atomic E-state index is -0.942. The second-order valence-corrected chi connectivity index (χ2v) is 15.7. The van der Waals surface area contributed by atoms with E-state index in [1.807, 2.05) is 57.2 Å². The van der Waals surface area contributed by atoms with Gasteiger partial charge in [-0.2, -0.15) is 0 Å². The van der Waals surface area contributed by atoms with Crippen LogP contribution in [0.15, 0.2) is 94.9 Å². The summed E-state index contributed by atoms with van der Waals surface area (Å²) in [5.41, 5.74) is 2.39. The van der Waals surface area contributed by atoms with Crippen molar-refractivity contribution >= 4 is 28.7 Å². The van der Waals surface area contributed by atoms with Crippen molar-refractivity contribution in [3.8, 4) is 16.8 Å². The highest BCUT2D eigenvalue weighted by molar-refractivity contribution is 5.93. The third-order valence-electron chi connectivity index (χ3n) is 10.2. The van der Waals surface area contributed by atoms with E-state index in [1.54, 1.807) is 12.1 Å². The van der Waals surface area contributed by atoms with E-state index in [1.165, 1.54) is 43.0 Å². The maximum absolute atomic E-state index is 14.6. The first-order chi connectivity index (χ1) is 27.2. The summed E-state index contributed by atoms with van der Waals surface area (Å²) in [7, 11) is 0. The molecule has 1 aliphatic carbocycles. The number of nitrogens with zero attached hydrogens (tertiary/aromatic N) is 6. The van der Waals surface area contributed by atoms with Gasteiger partial charge in [0.15, 0.2) is 5.65 Å². The maximum Gasteiger partial charge on any atom is 0.407 e. The topological polar surface area (TPSA) is 156 Å². The number of hydrogen-bond acceptors (Lipinski definition) is 7. The standard InChI is InChI=1S/C42H44F2N8O5/c1-42(2,3)25-49(41(56)57)18-17-45-21-26-7-9-27(10-8-26)28-5-4-6-33(19-28)51-37-34(20-30(44)22-46-37)39(54)52(40(51)55)32-14-12-31(13-15-32)47-38(53)35-24-50-23-29(43)11-16-36(50)48-35/h4-11,16,19-20,22-24,31-32,45H,12-15,17-18,21,25H2,1-3H3,(H,47,53)(H,56,57). The summed E-state index contributed by atoms with van der Waals surface area (Å²) in [4.78, 5) is 62.8. The number of rotatable bonds is 11. The summed E-state index contributed by atoms with van der Waals surface area (Å²) < 4.78 is 32.2. The highest BCUT2D eigenvalue weighted by Crippen LogP contribution is 2.29. The second-order valence-electron chi connectivity index (χ2n) is 15.7. The average molecular weight is 779 g/mol. The summed E-state index contributed by atoms with van der Waals surface area (Å²) >= 11 is 0. The fraction of sp³-hybridized carbons (Fsp3) is 0.333. The number of aromatic nitrogens is 5. The quantitative estimate of drug-likeness (QED) is 0.132. The summed E-state index contributed by atoms with van der Waals surface area (Å²) in [5.74, 6) is -1.56. The third-order valence-corrected chi connectivity index (χ3v) is 10.2. The highest BCUT2D eigenvalue weighted by Gasteiger charge is 2.29. The molecule has 7 rings (SSSR count). The molecule has 0 atom stereocenters. The molecular weight excluding hydrogens is 735 g/mol. The lowest BCUT2D eigenvalue weighted by Gasteiger charge is -2.30. The van der Waals surface area contributed by atoms with Crippen molar-refractivity contribution in [2.75, 3.05) is 19.6 Å². The van der Waals surface area contributed by atoms with Gasteiger partial charge in [-0.1, -0.05) is 57.2 Å². The molecule has 2 amide bonds. The van der Waals surface area contributed by atoms with Gasteiger partial charge in [0.1, 0.15) is 23.0 Å². The average Bonchev–Trinajstić information content (AvgIpc) is 3.60. The molecule has 15 heteroatoms. The molecule has 6 aromatic rings. The van der Waals surface area contributed by atoms with Crippen molar-refractivity contribution in [3.63, 3.8) is 0 Å². The smallest absolute Gasteiger partial charge is 0.407 e. The van der Waals surface area contributed by atoms with Gasteiger partial charge in [-0.25, -0.2) is 32.9 Å². The fourth-order valence-electron chi connectivity index (χ4n) is 7.45. The number of benzene rings is 2. The molecule has 1 fully saturated rings. The number of hydrogen-bond donors (Lipinski definition) is 3. The van der Waals surface area contributed by atoms with Crippen LogP contribution in [0.1, 0.15) is 68.5 Å². The van der Waals surface area contributed by atoms with Gasteiger partial charge in [-0.15, -0.1) is 0 Å². The lowest BCUT2D eigenvalue weighted by Crippen LogP contribution is -2.45. The van der Waals surface area contributed by atoms with Gasteiger partial charge in [0.25, 0.3) is 11.5 Å². The van der Waals surface area contributed by atoms with Crippen molar-refractivity contribution < 1.29 is 23.5 Å². The first-order valence-electron chi connectivity index (χ1n) is 18.9. The number of halogens is 2. The predicted molar refractivity (Wildman–Crippen MR) is 212 cm³/mol. The Morgan fingerprint density at radius 3 is 2.40 bits per heavy atom. The number of carboxylic acid groups (broad SMARTS) is 1. The van der Waals surface area contributed by atoms with Crippen molar-refractivity contribution in [3.05, 3.63) is 129 Å². The van der Waals surface area contributed by atoms with Crippen molar-refractivity contribution in [2.24, 2.45) is 5.41 Å². The lowest BCUT2D eigenvalue weighted by molar-refractivity contribution is 0.0917. The van der Waals surface area contributed by atoms with Crippen LogP contribution in [0.25, 0.3) is 33.5 Å². The number of pyridine rings is 2. The predicted octanol–water partition coefficient (Wildman–Crippen LogP) is 6.17. The Kier molecular flexibility index (Phi) is 11.0. The number of nitrogens with one attached hydrogen (secondary N) is 2. The van der Waals surface area contributed by atoms with E-state index >= 15 is 0 Å². The SMILES string of the molecule is CC(C)(C)CN(CCNCc1ccc(-c2cccc(-n3c(=O)n(C4CCC(NC(=O)c5cn6cc(F)ccc6n5)CC4)c(=O)c4cc(F)cnc43)c2)cc1)C(=O)O. The molecule has 4 aromatic heterocycles. The number of fused-ring (bicyclic) bond motifs is 2. The zero-order valence-corrected chi connectivity index (χ0v) is 31.9. The summed E-state index contributed by atoms with van der Waals surface area (Å²) in [5, 5.41) is 15.8. The molecule has 13 nitrogen and oxygen atoms in total. The summed E-state index contributed by atoms with van der Waals surface area (Å²) in [6, 6.07) is 18.2. The Morgan fingerprint density at radius 2 is 1.68 bits per heavy atom. The van der Waals surface area contributed by atoms with Crippen LogP contribution in [0.3, 0.4) is 0 Å². The van der Waals surface area contributed by atoms with Crippen LogP contribution < -0.4 is 21.9 Å². The van der Waals surface area contributed by atoms with E-state index in [0.717, 1.165) is 29.0 Å². The highest BCUT2D eigenvalue weighted by atomic mass is 19.1. The number of carbonyl (C=O) groups is 2. The van der Waals surface area contributed by atoms with E-state index in [2.05, 4.69) is 20.6 Å². The van der Waals surface area contributed by atoms with Crippen molar-refractivity contribution in [1.29, 1.82) is 0 Å². The fourth-order valence-corrected chi connectivity index (χ4v) is 7.45.